The summed E-state index contributed by atoms with van der Waals surface area (Å²) < 4.78 is 1.82. The van der Waals surface area contributed by atoms with Crippen LogP contribution >= 0.6 is 0 Å². The van der Waals surface area contributed by atoms with Crippen molar-refractivity contribution in [3.05, 3.63) is 29.7 Å². The molecule has 80 valence electrons. The van der Waals surface area contributed by atoms with E-state index in [9.17, 15) is 0 Å². The molecule has 0 aliphatic rings. The molecular weight excluding hydrogens is 188 g/mol. The fourth-order valence-corrected chi connectivity index (χ4v) is 1.42. The molecule has 0 spiro atoms. The molecule has 0 aromatic carbocycles. The van der Waals surface area contributed by atoms with Crippen LogP contribution in [0.1, 0.15) is 25.2 Å². The van der Waals surface area contributed by atoms with Gasteiger partial charge < -0.3 is 5.32 Å². The van der Waals surface area contributed by atoms with Gasteiger partial charge in [0, 0.05) is 6.20 Å². The molecule has 4 nitrogen and oxygen atoms in total. The van der Waals surface area contributed by atoms with Crippen molar-refractivity contribution in [2.45, 2.75) is 26.3 Å². The predicted molar refractivity (Wildman–Crippen MR) is 59.8 cm³/mol. The third-order valence-corrected chi connectivity index (χ3v) is 2.74. The minimum atomic E-state index is -0.196. The monoisotopic (exact) mass is 204 g/mol. The first-order valence-corrected chi connectivity index (χ1v) is 5.06. The Morgan fingerprint density at radius 2 is 2.13 bits per heavy atom. The maximum absolute atomic E-state index is 4.54. The predicted octanol–water partition coefficient (Wildman–Crippen LogP) is 1.49. The largest absolute Gasteiger partial charge is 0.308 e. The summed E-state index contributed by atoms with van der Waals surface area (Å²) in [6.45, 7) is 6.17. The van der Waals surface area contributed by atoms with E-state index in [1.807, 2.05) is 36.8 Å². The van der Waals surface area contributed by atoms with Crippen molar-refractivity contribution >= 4 is 5.65 Å². The third kappa shape index (κ3) is 1.61. The molecule has 1 N–H and O–H groups in total. The summed E-state index contributed by atoms with van der Waals surface area (Å²) in [5.74, 6) is 0.819. The zero-order chi connectivity index (χ0) is 11.1. The lowest BCUT2D eigenvalue weighted by Crippen LogP contribution is -2.34. The molecule has 0 unspecified atom stereocenters. The van der Waals surface area contributed by atoms with E-state index in [2.05, 4.69) is 29.2 Å². The average molecular weight is 204 g/mol. The fourth-order valence-electron chi connectivity index (χ4n) is 1.42. The normalized spacial score (nSPS) is 12.3. The molecule has 0 radical (unpaired) electrons. The van der Waals surface area contributed by atoms with Gasteiger partial charge in [-0.15, -0.1) is 5.10 Å². The van der Waals surface area contributed by atoms with Gasteiger partial charge in [0.1, 0.15) is 0 Å². The van der Waals surface area contributed by atoms with Crippen LogP contribution in [0.3, 0.4) is 0 Å². The minimum absolute atomic E-state index is 0.196. The third-order valence-electron chi connectivity index (χ3n) is 2.74. The quantitative estimate of drug-likeness (QED) is 0.806. The number of rotatable bonds is 2. The number of nitrogens with zero attached hydrogens (tertiary/aromatic N) is 3. The maximum atomic E-state index is 4.54. The van der Waals surface area contributed by atoms with E-state index < -0.39 is 0 Å². The van der Waals surface area contributed by atoms with Crippen molar-refractivity contribution < 1.29 is 0 Å². The van der Waals surface area contributed by atoms with E-state index in [-0.39, 0.29) is 5.54 Å². The molecule has 0 aliphatic heterocycles. The summed E-state index contributed by atoms with van der Waals surface area (Å²) in [5, 5.41) is 7.66. The summed E-state index contributed by atoms with van der Waals surface area (Å²) in [5.41, 5.74) is 1.87. The van der Waals surface area contributed by atoms with E-state index in [0.717, 1.165) is 17.0 Å². The van der Waals surface area contributed by atoms with Gasteiger partial charge in [0.25, 0.3) is 0 Å². The second-order valence-corrected chi connectivity index (χ2v) is 4.27. The first-order chi connectivity index (χ1) is 7.04. The summed E-state index contributed by atoms with van der Waals surface area (Å²) in [6, 6.07) is 4.02. The average Bonchev–Trinajstić information content (AvgIpc) is 2.64. The maximum Gasteiger partial charge on any atom is 0.171 e. The lowest BCUT2D eigenvalue weighted by Gasteiger charge is -2.19. The molecular formula is C11H16N4. The van der Waals surface area contributed by atoms with Gasteiger partial charge in [-0.25, -0.2) is 9.50 Å². The van der Waals surface area contributed by atoms with Crippen LogP contribution in [0.15, 0.2) is 18.3 Å². The topological polar surface area (TPSA) is 42.2 Å². The number of aryl methyl sites for hydroxylation is 1. The molecule has 0 aliphatic carbocycles. The van der Waals surface area contributed by atoms with Crippen molar-refractivity contribution in [2.24, 2.45) is 0 Å². The van der Waals surface area contributed by atoms with Gasteiger partial charge in [-0.1, -0.05) is 6.07 Å². The van der Waals surface area contributed by atoms with Crippen molar-refractivity contribution in [3.63, 3.8) is 0 Å². The molecule has 2 aromatic rings. The van der Waals surface area contributed by atoms with Gasteiger partial charge in [-0.3, -0.25) is 0 Å². The van der Waals surface area contributed by atoms with Crippen molar-refractivity contribution in [2.75, 3.05) is 7.05 Å². The number of hydrogen-bond donors (Lipinski definition) is 1. The molecule has 15 heavy (non-hydrogen) atoms. The highest BCUT2D eigenvalue weighted by Gasteiger charge is 2.23. The first-order valence-electron chi connectivity index (χ1n) is 5.06. The van der Waals surface area contributed by atoms with Crippen LogP contribution in [0.4, 0.5) is 0 Å². The Kier molecular flexibility index (Phi) is 2.23. The summed E-state index contributed by atoms with van der Waals surface area (Å²) in [4.78, 5) is 4.54. The highest BCUT2D eigenvalue weighted by Crippen LogP contribution is 2.17. The van der Waals surface area contributed by atoms with Gasteiger partial charge in [0.05, 0.1) is 5.54 Å². The first kappa shape index (κ1) is 10.1. The molecule has 0 bridgehead atoms. The van der Waals surface area contributed by atoms with Crippen LogP contribution in [0.5, 0.6) is 0 Å². The zero-order valence-corrected chi connectivity index (χ0v) is 9.57. The highest BCUT2D eigenvalue weighted by atomic mass is 15.3. The Hall–Kier alpha value is -1.42. The van der Waals surface area contributed by atoms with E-state index in [4.69, 9.17) is 0 Å². The molecule has 0 atom stereocenters. The number of nitrogens with one attached hydrogen (secondary N) is 1. The van der Waals surface area contributed by atoms with Crippen LogP contribution in [-0.4, -0.2) is 21.6 Å². The second-order valence-electron chi connectivity index (χ2n) is 4.27. The number of aromatic nitrogens is 3. The van der Waals surface area contributed by atoms with E-state index >= 15 is 0 Å². The molecule has 0 saturated heterocycles. The molecule has 0 amide bonds. The smallest absolute Gasteiger partial charge is 0.171 e. The summed E-state index contributed by atoms with van der Waals surface area (Å²) in [7, 11) is 1.92. The Morgan fingerprint density at radius 3 is 2.73 bits per heavy atom. The molecule has 0 saturated carbocycles. The fraction of sp³-hybridized carbons (Fsp3) is 0.455. The van der Waals surface area contributed by atoms with Gasteiger partial charge in [0.15, 0.2) is 11.5 Å². The Morgan fingerprint density at radius 1 is 1.40 bits per heavy atom. The lowest BCUT2D eigenvalue weighted by molar-refractivity contribution is 0.417. The Balaban J connectivity index is 2.62. The summed E-state index contributed by atoms with van der Waals surface area (Å²) in [6.07, 6.45) is 1.92. The lowest BCUT2D eigenvalue weighted by atomic mass is 10.1. The molecule has 2 aromatic heterocycles. The zero-order valence-electron chi connectivity index (χ0n) is 9.57. The highest BCUT2D eigenvalue weighted by molar-refractivity contribution is 5.46. The second kappa shape index (κ2) is 3.31. The Bertz CT molecular complexity index is 484. The molecule has 2 rings (SSSR count). The van der Waals surface area contributed by atoms with Gasteiger partial charge >= 0.3 is 0 Å². The van der Waals surface area contributed by atoms with Crippen LogP contribution in [0.2, 0.25) is 0 Å². The number of pyridine rings is 1. The van der Waals surface area contributed by atoms with Crippen molar-refractivity contribution in [3.8, 4) is 0 Å². The molecule has 2 heterocycles. The SMILES string of the molecule is CNC(C)(C)c1nc2c(C)cccn2n1. The van der Waals surface area contributed by atoms with Crippen LogP contribution in [-0.2, 0) is 5.54 Å². The molecule has 0 fully saturated rings. The number of hydrogen-bond acceptors (Lipinski definition) is 3. The van der Waals surface area contributed by atoms with Gasteiger partial charge in [-0.2, -0.15) is 0 Å². The van der Waals surface area contributed by atoms with E-state index in [1.165, 1.54) is 0 Å². The standard InChI is InChI=1S/C11H16N4/c1-8-6-5-7-15-9(8)13-10(14-15)11(2,3)12-4/h5-7,12H,1-4H3. The van der Waals surface area contributed by atoms with Gasteiger partial charge in [0.2, 0.25) is 0 Å². The van der Waals surface area contributed by atoms with E-state index in [0.29, 0.717) is 0 Å². The van der Waals surface area contributed by atoms with Crippen molar-refractivity contribution in [1.29, 1.82) is 0 Å². The van der Waals surface area contributed by atoms with E-state index in [1.54, 1.807) is 0 Å². The summed E-state index contributed by atoms with van der Waals surface area (Å²) >= 11 is 0. The van der Waals surface area contributed by atoms with Crippen LogP contribution < -0.4 is 5.32 Å². The minimum Gasteiger partial charge on any atom is -0.308 e. The van der Waals surface area contributed by atoms with Crippen LogP contribution in [0, 0.1) is 6.92 Å². The van der Waals surface area contributed by atoms with Crippen LogP contribution in [0.25, 0.3) is 5.65 Å². The molecule has 4 heteroatoms. The van der Waals surface area contributed by atoms with Crippen molar-refractivity contribution in [1.82, 2.24) is 19.9 Å². The Labute approximate surface area is 89.3 Å². The van der Waals surface area contributed by atoms with Gasteiger partial charge in [-0.05, 0) is 39.4 Å². The number of fused-ring (bicyclic) bond motifs is 1.